The van der Waals surface area contributed by atoms with Gasteiger partial charge in [0.25, 0.3) is 0 Å². The van der Waals surface area contributed by atoms with Gasteiger partial charge >= 0.3 is 0 Å². The highest BCUT2D eigenvalue weighted by molar-refractivity contribution is 7.13. The minimum atomic E-state index is 0.809. The number of benzene rings is 1. The number of para-hydroxylation sites is 1. The molecule has 4 heterocycles. The lowest BCUT2D eigenvalue weighted by atomic mass is 10.2. The van der Waals surface area contributed by atoms with Gasteiger partial charge in [0.1, 0.15) is 11.6 Å². The van der Waals surface area contributed by atoms with E-state index in [-0.39, 0.29) is 0 Å². The summed E-state index contributed by atoms with van der Waals surface area (Å²) in [5, 5.41) is 7.30. The monoisotopic (exact) mass is 391 g/mol. The molecule has 3 aromatic heterocycles. The molecule has 1 saturated heterocycles. The molecule has 0 saturated carbocycles. The Bertz CT molecular complexity index is 1080. The topological polar surface area (TPSA) is 58.3 Å². The molecule has 0 spiro atoms. The summed E-state index contributed by atoms with van der Waals surface area (Å²) in [6, 6.07) is 14.4. The summed E-state index contributed by atoms with van der Waals surface area (Å²) in [6.45, 7) is 6.57. The Hall–Kier alpha value is -2.77. The first-order chi connectivity index (χ1) is 13.8. The quantitative estimate of drug-likeness (QED) is 0.525. The lowest BCUT2D eigenvalue weighted by molar-refractivity contribution is 0.241. The largest absolute Gasteiger partial charge is 0.361 e. The minimum Gasteiger partial charge on any atom is -0.361 e. The first-order valence-corrected chi connectivity index (χ1v) is 10.3. The average molecular weight is 392 g/mol. The van der Waals surface area contributed by atoms with Crippen LogP contribution in [-0.2, 0) is 6.54 Å². The predicted molar refractivity (Wildman–Crippen MR) is 112 cm³/mol. The van der Waals surface area contributed by atoms with E-state index < -0.39 is 0 Å². The molecule has 1 aliphatic heterocycles. The number of fused-ring (bicyclic) bond motifs is 1. The predicted octanol–water partition coefficient (Wildman–Crippen LogP) is 3.98. The average Bonchev–Trinajstić information content (AvgIpc) is 3.40. The van der Waals surface area contributed by atoms with Gasteiger partial charge in [-0.05, 0) is 30.5 Å². The number of aromatic nitrogens is 3. The third kappa shape index (κ3) is 3.39. The molecule has 4 aromatic rings. The molecule has 1 aliphatic rings. The van der Waals surface area contributed by atoms with Gasteiger partial charge in [0.2, 0.25) is 0 Å². The van der Waals surface area contributed by atoms with Crippen LogP contribution in [0.25, 0.3) is 21.6 Å². The van der Waals surface area contributed by atoms with Crippen LogP contribution in [0.15, 0.2) is 52.4 Å². The molecule has 1 aromatic carbocycles. The Morgan fingerprint density at radius 1 is 1.04 bits per heavy atom. The molecule has 5 rings (SSSR count). The van der Waals surface area contributed by atoms with E-state index in [9.17, 15) is 0 Å². The standard InChI is InChI=1S/C21H21N5OS/c1-15-13-16(24-27-15)14-25-8-10-26(11-9-25)21-17-5-2-3-6-18(17)22-20(23-21)19-7-4-12-28-19/h2-7,12-13H,8-11,14H2,1H3. The molecule has 0 amide bonds. The van der Waals surface area contributed by atoms with E-state index in [4.69, 9.17) is 14.5 Å². The van der Waals surface area contributed by atoms with E-state index in [0.717, 1.165) is 71.6 Å². The molecule has 0 bridgehead atoms. The molecule has 6 nitrogen and oxygen atoms in total. The number of hydrogen-bond acceptors (Lipinski definition) is 7. The lowest BCUT2D eigenvalue weighted by Gasteiger charge is -2.35. The van der Waals surface area contributed by atoms with E-state index in [1.807, 2.05) is 25.1 Å². The fourth-order valence-electron chi connectivity index (χ4n) is 3.66. The van der Waals surface area contributed by atoms with Crippen molar-refractivity contribution in [3.05, 3.63) is 59.3 Å². The van der Waals surface area contributed by atoms with Gasteiger partial charge in [0, 0.05) is 44.2 Å². The molecule has 0 N–H and O–H groups in total. The number of thiophene rings is 1. The summed E-state index contributed by atoms with van der Waals surface area (Å²) < 4.78 is 5.19. The molecule has 0 atom stereocenters. The Balaban J connectivity index is 1.40. The van der Waals surface area contributed by atoms with Crippen LogP contribution in [0.1, 0.15) is 11.5 Å². The Morgan fingerprint density at radius 3 is 2.64 bits per heavy atom. The Kier molecular flexibility index (Phi) is 4.54. The summed E-state index contributed by atoms with van der Waals surface area (Å²) >= 11 is 1.68. The minimum absolute atomic E-state index is 0.809. The second-order valence-electron chi connectivity index (χ2n) is 7.06. The molecule has 142 valence electrons. The van der Waals surface area contributed by atoms with Gasteiger partial charge < -0.3 is 9.42 Å². The van der Waals surface area contributed by atoms with Gasteiger partial charge in [-0.2, -0.15) is 0 Å². The van der Waals surface area contributed by atoms with E-state index in [2.05, 4.69) is 44.6 Å². The second-order valence-corrected chi connectivity index (χ2v) is 8.01. The molecule has 7 heteroatoms. The summed E-state index contributed by atoms with van der Waals surface area (Å²) in [6.07, 6.45) is 0. The SMILES string of the molecule is Cc1cc(CN2CCN(c3nc(-c4cccs4)nc4ccccc34)CC2)no1. The van der Waals surface area contributed by atoms with Crippen molar-refractivity contribution in [2.24, 2.45) is 0 Å². The number of anilines is 1. The smallest absolute Gasteiger partial charge is 0.172 e. The van der Waals surface area contributed by atoms with Crippen molar-refractivity contribution in [2.75, 3.05) is 31.1 Å². The highest BCUT2D eigenvalue weighted by atomic mass is 32.1. The molecule has 0 radical (unpaired) electrons. The van der Waals surface area contributed by atoms with Gasteiger partial charge in [-0.15, -0.1) is 11.3 Å². The van der Waals surface area contributed by atoms with Gasteiger partial charge in [-0.1, -0.05) is 23.4 Å². The van der Waals surface area contributed by atoms with Crippen LogP contribution in [0.2, 0.25) is 0 Å². The van der Waals surface area contributed by atoms with E-state index in [1.54, 1.807) is 11.3 Å². The van der Waals surface area contributed by atoms with Crippen LogP contribution in [-0.4, -0.2) is 46.2 Å². The van der Waals surface area contributed by atoms with Crippen molar-refractivity contribution in [1.29, 1.82) is 0 Å². The Labute approximate surface area is 167 Å². The zero-order valence-corrected chi connectivity index (χ0v) is 16.5. The first kappa shape index (κ1) is 17.3. The van der Waals surface area contributed by atoms with Crippen molar-refractivity contribution in [3.63, 3.8) is 0 Å². The highest BCUT2D eigenvalue weighted by Gasteiger charge is 2.22. The first-order valence-electron chi connectivity index (χ1n) is 9.46. The van der Waals surface area contributed by atoms with Crippen molar-refractivity contribution in [3.8, 4) is 10.7 Å². The van der Waals surface area contributed by atoms with Gasteiger partial charge in [-0.25, -0.2) is 9.97 Å². The summed E-state index contributed by atoms with van der Waals surface area (Å²) in [7, 11) is 0. The van der Waals surface area contributed by atoms with Crippen LogP contribution in [0, 0.1) is 6.92 Å². The van der Waals surface area contributed by atoms with Crippen LogP contribution in [0.4, 0.5) is 5.82 Å². The number of aryl methyl sites for hydroxylation is 1. The fraction of sp³-hybridized carbons (Fsp3) is 0.286. The summed E-state index contributed by atoms with van der Waals surface area (Å²) in [4.78, 5) is 15.6. The van der Waals surface area contributed by atoms with Crippen LogP contribution in [0.5, 0.6) is 0 Å². The van der Waals surface area contributed by atoms with E-state index >= 15 is 0 Å². The van der Waals surface area contributed by atoms with Gasteiger partial charge in [0.05, 0.1) is 16.1 Å². The maximum absolute atomic E-state index is 5.19. The molecular weight excluding hydrogens is 370 g/mol. The zero-order valence-electron chi connectivity index (χ0n) is 15.7. The van der Waals surface area contributed by atoms with Gasteiger partial charge in [-0.3, -0.25) is 4.90 Å². The third-order valence-electron chi connectivity index (χ3n) is 5.06. The number of nitrogens with zero attached hydrogens (tertiary/aromatic N) is 5. The lowest BCUT2D eigenvalue weighted by Crippen LogP contribution is -2.46. The molecule has 0 aliphatic carbocycles. The summed E-state index contributed by atoms with van der Waals surface area (Å²) in [5.74, 6) is 2.71. The second kappa shape index (κ2) is 7.33. The maximum Gasteiger partial charge on any atom is 0.172 e. The Morgan fingerprint density at radius 2 is 1.89 bits per heavy atom. The van der Waals surface area contributed by atoms with Crippen LogP contribution < -0.4 is 4.90 Å². The molecule has 28 heavy (non-hydrogen) atoms. The zero-order chi connectivity index (χ0) is 18.9. The van der Waals surface area contributed by atoms with Crippen molar-refractivity contribution >= 4 is 28.1 Å². The van der Waals surface area contributed by atoms with Crippen LogP contribution >= 0.6 is 11.3 Å². The maximum atomic E-state index is 5.19. The van der Waals surface area contributed by atoms with Gasteiger partial charge in [0.15, 0.2) is 5.82 Å². The normalized spacial score (nSPS) is 15.4. The van der Waals surface area contributed by atoms with Crippen molar-refractivity contribution < 1.29 is 4.52 Å². The molecular formula is C21H21N5OS. The summed E-state index contributed by atoms with van der Waals surface area (Å²) in [5.41, 5.74) is 2.00. The fourth-order valence-corrected chi connectivity index (χ4v) is 4.31. The van der Waals surface area contributed by atoms with E-state index in [1.165, 1.54) is 0 Å². The number of piperazine rings is 1. The number of rotatable bonds is 4. The van der Waals surface area contributed by atoms with Crippen molar-refractivity contribution in [1.82, 2.24) is 20.0 Å². The molecule has 0 unspecified atom stereocenters. The number of hydrogen-bond donors (Lipinski definition) is 0. The van der Waals surface area contributed by atoms with E-state index in [0.29, 0.717) is 0 Å². The van der Waals surface area contributed by atoms with Crippen LogP contribution in [0.3, 0.4) is 0 Å². The van der Waals surface area contributed by atoms with Crippen molar-refractivity contribution in [2.45, 2.75) is 13.5 Å². The molecule has 1 fully saturated rings. The highest BCUT2D eigenvalue weighted by Crippen LogP contribution is 2.30. The third-order valence-corrected chi connectivity index (χ3v) is 5.92.